The van der Waals surface area contributed by atoms with Gasteiger partial charge in [-0.15, -0.1) is 0 Å². The zero-order chi connectivity index (χ0) is 19.7. The molecule has 0 unspecified atom stereocenters. The normalized spacial score (nSPS) is 17.5. The lowest BCUT2D eigenvalue weighted by Gasteiger charge is -2.06. The average molecular weight is 399 g/mol. The fraction of sp³-hybridized carbons (Fsp3) is 0.0500. The van der Waals surface area contributed by atoms with Crippen LogP contribution in [0.15, 0.2) is 70.7 Å². The van der Waals surface area contributed by atoms with Crippen LogP contribution in [0.4, 0.5) is 18.9 Å². The molecule has 1 aliphatic rings. The van der Waals surface area contributed by atoms with Crippen molar-refractivity contribution in [2.75, 3.05) is 0 Å². The molecule has 0 spiro atoms. The number of thioether (sulfide) groups is 1. The molecular formula is C20H12F3N3OS. The number of fused-ring (bicyclic) bond motifs is 1. The number of carbonyl (C=O) groups is 1. The number of alkyl halides is 3. The van der Waals surface area contributed by atoms with Gasteiger partial charge in [-0.1, -0.05) is 18.2 Å². The average Bonchev–Trinajstić information content (AvgIpc) is 3.00. The van der Waals surface area contributed by atoms with Gasteiger partial charge in [-0.25, -0.2) is 4.99 Å². The van der Waals surface area contributed by atoms with Gasteiger partial charge in [0.15, 0.2) is 5.17 Å². The number of nitrogens with zero attached hydrogens (tertiary/aromatic N) is 2. The molecule has 0 atom stereocenters. The number of hydrogen-bond donors (Lipinski definition) is 1. The number of nitrogens with one attached hydrogen (secondary N) is 1. The third kappa shape index (κ3) is 3.91. The Labute approximate surface area is 162 Å². The van der Waals surface area contributed by atoms with Gasteiger partial charge in [0.1, 0.15) is 0 Å². The van der Waals surface area contributed by atoms with E-state index in [4.69, 9.17) is 0 Å². The van der Waals surface area contributed by atoms with Crippen molar-refractivity contribution in [2.45, 2.75) is 6.18 Å². The van der Waals surface area contributed by atoms with Crippen LogP contribution in [0, 0.1) is 0 Å². The maximum atomic E-state index is 12.8. The van der Waals surface area contributed by atoms with Crippen LogP contribution in [0.25, 0.3) is 17.0 Å². The van der Waals surface area contributed by atoms with Crippen LogP contribution >= 0.6 is 11.8 Å². The van der Waals surface area contributed by atoms with Gasteiger partial charge in [0, 0.05) is 11.6 Å². The Morgan fingerprint density at radius 2 is 1.93 bits per heavy atom. The largest absolute Gasteiger partial charge is 0.416 e. The maximum Gasteiger partial charge on any atom is 0.416 e. The predicted molar refractivity (Wildman–Crippen MR) is 104 cm³/mol. The fourth-order valence-corrected chi connectivity index (χ4v) is 3.53. The van der Waals surface area contributed by atoms with Gasteiger partial charge < -0.3 is 5.32 Å². The Morgan fingerprint density at radius 1 is 1.07 bits per heavy atom. The number of benzene rings is 2. The van der Waals surface area contributed by atoms with Crippen molar-refractivity contribution in [3.8, 4) is 0 Å². The Kier molecular flexibility index (Phi) is 4.64. The molecule has 1 saturated heterocycles. The van der Waals surface area contributed by atoms with Crippen LogP contribution in [0.1, 0.15) is 11.1 Å². The SMILES string of the molecule is O=C1NC(=Nc2cccc(C(F)(F)F)c2)S/C1=C\c1ccc2ncccc2c1. The lowest BCUT2D eigenvalue weighted by Crippen LogP contribution is -2.19. The van der Waals surface area contributed by atoms with Gasteiger partial charge in [0.05, 0.1) is 21.7 Å². The first-order valence-electron chi connectivity index (χ1n) is 8.20. The lowest BCUT2D eigenvalue weighted by atomic mass is 10.1. The second kappa shape index (κ2) is 7.12. The van der Waals surface area contributed by atoms with Crippen LogP contribution < -0.4 is 5.32 Å². The number of halogens is 3. The first-order valence-corrected chi connectivity index (χ1v) is 9.02. The van der Waals surface area contributed by atoms with E-state index in [0.717, 1.165) is 40.4 Å². The van der Waals surface area contributed by atoms with Gasteiger partial charge >= 0.3 is 6.18 Å². The Morgan fingerprint density at radius 3 is 2.75 bits per heavy atom. The third-order valence-electron chi connectivity index (χ3n) is 3.98. The molecule has 1 aliphatic heterocycles. The van der Waals surface area contributed by atoms with Gasteiger partial charge in [-0.05, 0) is 59.8 Å². The van der Waals surface area contributed by atoms with Crippen molar-refractivity contribution in [3.05, 3.63) is 76.8 Å². The summed E-state index contributed by atoms with van der Waals surface area (Å²) in [5.74, 6) is -0.345. The van der Waals surface area contributed by atoms with Crippen molar-refractivity contribution in [2.24, 2.45) is 4.99 Å². The van der Waals surface area contributed by atoms with Crippen molar-refractivity contribution in [3.63, 3.8) is 0 Å². The summed E-state index contributed by atoms with van der Waals surface area (Å²) in [6.45, 7) is 0. The van der Waals surface area contributed by atoms with E-state index in [1.165, 1.54) is 12.1 Å². The number of hydrogen-bond acceptors (Lipinski definition) is 4. The molecule has 2 heterocycles. The molecule has 1 aromatic heterocycles. The van der Waals surface area contributed by atoms with E-state index >= 15 is 0 Å². The first kappa shape index (κ1) is 18.2. The summed E-state index contributed by atoms with van der Waals surface area (Å²) in [6.07, 6.45) is -1.03. The number of amidine groups is 1. The molecule has 4 rings (SSSR count). The molecule has 3 aromatic rings. The summed E-state index contributed by atoms with van der Waals surface area (Å²) < 4.78 is 38.5. The number of carbonyl (C=O) groups excluding carboxylic acids is 1. The van der Waals surface area contributed by atoms with E-state index in [1.54, 1.807) is 12.3 Å². The monoisotopic (exact) mass is 399 g/mol. The van der Waals surface area contributed by atoms with Crippen molar-refractivity contribution in [1.82, 2.24) is 10.3 Å². The zero-order valence-corrected chi connectivity index (χ0v) is 15.0. The number of aromatic nitrogens is 1. The van der Waals surface area contributed by atoms with E-state index in [1.807, 2.05) is 30.3 Å². The summed E-state index contributed by atoms with van der Waals surface area (Å²) in [4.78, 5) is 21.0. The molecule has 28 heavy (non-hydrogen) atoms. The molecule has 8 heteroatoms. The second-order valence-electron chi connectivity index (χ2n) is 5.99. The lowest BCUT2D eigenvalue weighted by molar-refractivity contribution is -0.137. The second-order valence-corrected chi connectivity index (χ2v) is 7.02. The molecular weight excluding hydrogens is 387 g/mol. The molecule has 140 valence electrons. The molecule has 1 N–H and O–H groups in total. The van der Waals surface area contributed by atoms with Crippen LogP contribution in [-0.4, -0.2) is 16.1 Å². The molecule has 4 nitrogen and oxygen atoms in total. The number of aliphatic imine (C=N–C) groups is 1. The highest BCUT2D eigenvalue weighted by Crippen LogP contribution is 2.33. The van der Waals surface area contributed by atoms with Crippen LogP contribution in [0.2, 0.25) is 0 Å². The molecule has 0 aliphatic carbocycles. The zero-order valence-electron chi connectivity index (χ0n) is 14.2. The van der Waals surface area contributed by atoms with Crippen LogP contribution in [-0.2, 0) is 11.0 Å². The van der Waals surface area contributed by atoms with E-state index < -0.39 is 11.7 Å². The van der Waals surface area contributed by atoms with Gasteiger partial charge in [0.25, 0.3) is 5.91 Å². The smallest absolute Gasteiger partial charge is 0.300 e. The Balaban J connectivity index is 1.59. The molecule has 1 fully saturated rings. The quantitative estimate of drug-likeness (QED) is 0.607. The maximum absolute atomic E-state index is 12.8. The minimum Gasteiger partial charge on any atom is -0.300 e. The van der Waals surface area contributed by atoms with Crippen molar-refractivity contribution in [1.29, 1.82) is 0 Å². The summed E-state index contributed by atoms with van der Waals surface area (Å²) in [5, 5.41) is 3.76. The van der Waals surface area contributed by atoms with Gasteiger partial charge in [-0.2, -0.15) is 13.2 Å². The van der Waals surface area contributed by atoms with Gasteiger partial charge in [0.2, 0.25) is 0 Å². The summed E-state index contributed by atoms with van der Waals surface area (Å²) in [7, 11) is 0. The number of pyridine rings is 1. The van der Waals surface area contributed by atoms with E-state index in [2.05, 4.69) is 15.3 Å². The standard InChI is InChI=1S/C20H12F3N3OS/c21-20(22,23)14-4-1-5-15(11-14)25-19-26-18(27)17(28-19)10-12-6-7-16-13(9-12)3-2-8-24-16/h1-11H,(H,25,26,27)/b17-10-. The fourth-order valence-electron chi connectivity index (χ4n) is 2.68. The van der Waals surface area contributed by atoms with Crippen molar-refractivity contribution < 1.29 is 18.0 Å². The van der Waals surface area contributed by atoms with E-state index in [9.17, 15) is 18.0 Å². The Hall–Kier alpha value is -3.13. The topological polar surface area (TPSA) is 54.4 Å². The van der Waals surface area contributed by atoms with Crippen LogP contribution in [0.5, 0.6) is 0 Å². The highest BCUT2D eigenvalue weighted by atomic mass is 32.2. The predicted octanol–water partition coefficient (Wildman–Crippen LogP) is 5.15. The Bertz CT molecular complexity index is 1140. The molecule has 0 saturated carbocycles. The highest BCUT2D eigenvalue weighted by Gasteiger charge is 2.30. The van der Waals surface area contributed by atoms with Crippen LogP contribution in [0.3, 0.4) is 0 Å². The van der Waals surface area contributed by atoms with Gasteiger partial charge in [-0.3, -0.25) is 9.78 Å². The number of amides is 1. The summed E-state index contributed by atoms with van der Waals surface area (Å²) in [5.41, 5.74) is 0.998. The van der Waals surface area contributed by atoms with E-state index in [0.29, 0.717) is 4.91 Å². The van der Waals surface area contributed by atoms with E-state index in [-0.39, 0.29) is 16.8 Å². The number of rotatable bonds is 2. The summed E-state index contributed by atoms with van der Waals surface area (Å²) >= 11 is 1.08. The summed E-state index contributed by atoms with van der Waals surface area (Å²) in [6, 6.07) is 14.0. The van der Waals surface area contributed by atoms with Crippen molar-refractivity contribution >= 4 is 45.5 Å². The third-order valence-corrected chi connectivity index (χ3v) is 4.89. The molecule has 0 radical (unpaired) electrons. The molecule has 2 aromatic carbocycles. The minimum atomic E-state index is -4.45. The molecule has 1 amide bonds. The molecule has 0 bridgehead atoms. The highest BCUT2D eigenvalue weighted by molar-refractivity contribution is 8.18. The first-order chi connectivity index (χ1) is 13.4. The minimum absolute atomic E-state index is 0.121.